The molecule has 2 aliphatic rings. The van der Waals surface area contributed by atoms with Crippen LogP contribution >= 0.6 is 0 Å². The molecule has 26 heavy (non-hydrogen) atoms. The number of rotatable bonds is 5. The lowest BCUT2D eigenvalue weighted by Gasteiger charge is -2.27. The first-order valence-corrected chi connectivity index (χ1v) is 8.72. The minimum absolute atomic E-state index is 0.154. The summed E-state index contributed by atoms with van der Waals surface area (Å²) >= 11 is 0. The van der Waals surface area contributed by atoms with E-state index in [1.807, 2.05) is 0 Å². The Bertz CT molecular complexity index is 775. The fraction of sp³-hybridized carbons (Fsp3) is 0.688. The summed E-state index contributed by atoms with van der Waals surface area (Å²) in [4.78, 5) is 12.8. The highest BCUT2D eigenvalue weighted by Crippen LogP contribution is 2.39. The highest BCUT2D eigenvalue weighted by Gasteiger charge is 2.53. The van der Waals surface area contributed by atoms with Crippen molar-refractivity contribution < 1.29 is 24.8 Å². The van der Waals surface area contributed by atoms with Crippen LogP contribution in [0.1, 0.15) is 26.0 Å². The molecule has 5 atom stereocenters. The Morgan fingerprint density at radius 3 is 2.92 bits per heavy atom. The minimum atomic E-state index is -1.60. The number of hydrogen-bond donors (Lipinski definition) is 4. The summed E-state index contributed by atoms with van der Waals surface area (Å²) < 4.78 is 12.8. The van der Waals surface area contributed by atoms with E-state index < -0.39 is 30.6 Å². The summed E-state index contributed by atoms with van der Waals surface area (Å²) in [7, 11) is 0. The van der Waals surface area contributed by atoms with E-state index in [1.54, 1.807) is 4.57 Å². The van der Waals surface area contributed by atoms with E-state index >= 15 is 0 Å². The summed E-state index contributed by atoms with van der Waals surface area (Å²) in [6.45, 7) is 2.47. The Morgan fingerprint density at radius 2 is 2.23 bits per heavy atom. The zero-order valence-corrected chi connectivity index (χ0v) is 14.4. The maximum atomic E-state index is 10.7. The number of ether oxygens (including phenoxy) is 2. The number of imidazole rings is 1. The van der Waals surface area contributed by atoms with Crippen molar-refractivity contribution in [2.45, 2.75) is 49.9 Å². The van der Waals surface area contributed by atoms with Crippen LogP contribution in [0.5, 0.6) is 0 Å². The highest BCUT2D eigenvalue weighted by molar-refractivity contribution is 5.82. The fourth-order valence-electron chi connectivity index (χ4n) is 3.56. The molecular weight excluding hydrogens is 342 g/mol. The van der Waals surface area contributed by atoms with Gasteiger partial charge in [-0.2, -0.15) is 0 Å². The number of aromatic nitrogens is 4. The lowest BCUT2D eigenvalue weighted by Crippen LogP contribution is -2.44. The van der Waals surface area contributed by atoms with Crippen molar-refractivity contribution >= 4 is 17.0 Å². The average Bonchev–Trinajstić information content (AvgIpc) is 3.34. The molecule has 2 aliphatic heterocycles. The molecule has 2 aromatic heterocycles. The van der Waals surface area contributed by atoms with Gasteiger partial charge in [-0.3, -0.25) is 4.57 Å². The van der Waals surface area contributed by atoms with Crippen molar-refractivity contribution in [1.29, 1.82) is 0 Å². The van der Waals surface area contributed by atoms with Gasteiger partial charge in [-0.15, -0.1) is 0 Å². The van der Waals surface area contributed by atoms with Gasteiger partial charge < -0.3 is 30.1 Å². The van der Waals surface area contributed by atoms with Gasteiger partial charge in [-0.05, 0) is 19.8 Å². The first-order valence-electron chi connectivity index (χ1n) is 8.72. The Kier molecular flexibility index (Phi) is 4.53. The van der Waals surface area contributed by atoms with Crippen molar-refractivity contribution in [3.05, 3.63) is 12.7 Å². The first kappa shape index (κ1) is 17.6. The zero-order valence-electron chi connectivity index (χ0n) is 14.4. The van der Waals surface area contributed by atoms with Crippen LogP contribution in [0.2, 0.25) is 0 Å². The molecule has 4 N–H and O–H groups in total. The number of hydrogen-bond acceptors (Lipinski definition) is 9. The number of aliphatic hydroxyl groups excluding tert-OH is 2. The molecule has 4 rings (SSSR count). The van der Waals surface area contributed by atoms with Crippen molar-refractivity contribution in [1.82, 2.24) is 19.5 Å². The second kappa shape index (κ2) is 6.71. The van der Waals surface area contributed by atoms with Crippen LogP contribution in [-0.2, 0) is 9.47 Å². The number of aliphatic hydroxyl groups is 3. The van der Waals surface area contributed by atoms with E-state index in [9.17, 15) is 15.3 Å². The van der Waals surface area contributed by atoms with E-state index in [4.69, 9.17) is 9.47 Å². The molecule has 2 fully saturated rings. The van der Waals surface area contributed by atoms with Gasteiger partial charge in [0.2, 0.25) is 0 Å². The highest BCUT2D eigenvalue weighted by atomic mass is 16.6. The number of anilines is 1. The van der Waals surface area contributed by atoms with E-state index in [1.165, 1.54) is 19.6 Å². The summed E-state index contributed by atoms with van der Waals surface area (Å²) in [5, 5.41) is 33.4. The van der Waals surface area contributed by atoms with Crippen molar-refractivity contribution in [2.24, 2.45) is 0 Å². The molecule has 142 valence electrons. The molecule has 4 heterocycles. The first-order chi connectivity index (χ1) is 12.5. The molecule has 0 saturated carbocycles. The van der Waals surface area contributed by atoms with Gasteiger partial charge in [-0.1, -0.05) is 0 Å². The quantitative estimate of drug-likeness (QED) is 0.549. The second-order valence-electron chi connectivity index (χ2n) is 6.94. The predicted octanol–water partition coefficient (Wildman–Crippen LogP) is -0.581. The maximum Gasteiger partial charge on any atom is 0.168 e. The minimum Gasteiger partial charge on any atom is -0.394 e. The monoisotopic (exact) mass is 365 g/mol. The number of nitrogens with one attached hydrogen (secondary N) is 1. The van der Waals surface area contributed by atoms with Crippen molar-refractivity contribution in [3.63, 3.8) is 0 Å². The molecule has 0 spiro atoms. The van der Waals surface area contributed by atoms with E-state index in [-0.39, 0.29) is 6.10 Å². The van der Waals surface area contributed by atoms with Crippen LogP contribution in [0.25, 0.3) is 11.2 Å². The largest absolute Gasteiger partial charge is 0.394 e. The third-order valence-corrected chi connectivity index (χ3v) is 5.07. The van der Waals surface area contributed by atoms with Crippen LogP contribution < -0.4 is 5.32 Å². The molecule has 2 aromatic rings. The zero-order chi connectivity index (χ0) is 18.3. The van der Waals surface area contributed by atoms with E-state index in [0.717, 1.165) is 19.4 Å². The molecule has 0 bridgehead atoms. The smallest absolute Gasteiger partial charge is 0.168 e. The van der Waals surface area contributed by atoms with Gasteiger partial charge in [0, 0.05) is 13.2 Å². The molecule has 2 saturated heterocycles. The topological polar surface area (TPSA) is 135 Å². The second-order valence-corrected chi connectivity index (χ2v) is 6.94. The maximum absolute atomic E-state index is 10.7. The lowest BCUT2D eigenvalue weighted by molar-refractivity contribution is -0.0950. The Balaban J connectivity index is 1.62. The van der Waals surface area contributed by atoms with Crippen LogP contribution in [-0.4, -0.2) is 78.5 Å². The molecule has 0 aliphatic carbocycles. The normalized spacial score (nSPS) is 34.6. The van der Waals surface area contributed by atoms with Gasteiger partial charge >= 0.3 is 0 Å². The Labute approximate surface area is 149 Å². The van der Waals surface area contributed by atoms with Crippen LogP contribution in [0.4, 0.5) is 5.82 Å². The predicted molar refractivity (Wildman–Crippen MR) is 90.4 cm³/mol. The average molecular weight is 365 g/mol. The van der Waals surface area contributed by atoms with Gasteiger partial charge in [-0.25, -0.2) is 15.0 Å². The van der Waals surface area contributed by atoms with Crippen LogP contribution in [0, 0.1) is 0 Å². The SMILES string of the molecule is C[C@@]1(O)[C@H](O)[C@@H](CO)O[C@H]1n1cnc2c(NC[C@H]3CCCO3)ncnc21. The molecular formula is C16H23N5O5. The molecule has 0 radical (unpaired) electrons. The lowest BCUT2D eigenvalue weighted by atomic mass is 9.96. The van der Waals surface area contributed by atoms with Gasteiger partial charge in [0.1, 0.15) is 24.1 Å². The summed E-state index contributed by atoms with van der Waals surface area (Å²) in [6.07, 6.45) is 2.07. The van der Waals surface area contributed by atoms with E-state index in [0.29, 0.717) is 23.5 Å². The standard InChI is InChI=1S/C16H23N5O5/c1-16(24)12(23)10(6-22)26-15(16)21-8-20-11-13(18-7-19-14(11)21)17-5-9-3-2-4-25-9/h7-10,12,15,22-24H,2-6H2,1H3,(H,17,18,19)/t9-,10-,12-,15-,16-/m1/s1. The number of nitrogens with zero attached hydrogens (tertiary/aromatic N) is 4. The van der Waals surface area contributed by atoms with E-state index in [2.05, 4.69) is 20.3 Å². The number of fused-ring (bicyclic) bond motifs is 1. The molecule has 0 amide bonds. The van der Waals surface area contributed by atoms with Crippen LogP contribution in [0.3, 0.4) is 0 Å². The summed E-state index contributed by atoms with van der Waals surface area (Å²) in [6, 6.07) is 0. The Morgan fingerprint density at radius 1 is 1.38 bits per heavy atom. The third kappa shape index (κ3) is 2.83. The summed E-state index contributed by atoms with van der Waals surface area (Å²) in [5.74, 6) is 0.571. The Hall–Kier alpha value is -1.85. The van der Waals surface area contributed by atoms with Crippen molar-refractivity contribution in [2.75, 3.05) is 25.1 Å². The molecule has 10 nitrogen and oxygen atoms in total. The molecule has 10 heteroatoms. The van der Waals surface area contributed by atoms with Gasteiger partial charge in [0.05, 0.1) is 19.0 Å². The molecule has 0 unspecified atom stereocenters. The van der Waals surface area contributed by atoms with Gasteiger partial charge in [0.25, 0.3) is 0 Å². The summed E-state index contributed by atoms with van der Waals surface area (Å²) in [5.41, 5.74) is -0.602. The van der Waals surface area contributed by atoms with Crippen molar-refractivity contribution in [3.8, 4) is 0 Å². The van der Waals surface area contributed by atoms with Gasteiger partial charge in [0.15, 0.2) is 23.2 Å². The van der Waals surface area contributed by atoms with Crippen LogP contribution in [0.15, 0.2) is 12.7 Å². The fourth-order valence-corrected chi connectivity index (χ4v) is 3.56. The third-order valence-electron chi connectivity index (χ3n) is 5.07. The molecule has 0 aromatic carbocycles.